The van der Waals surface area contributed by atoms with E-state index in [2.05, 4.69) is 4.74 Å². The van der Waals surface area contributed by atoms with Gasteiger partial charge in [0.1, 0.15) is 16.9 Å². The zero-order valence-corrected chi connectivity index (χ0v) is 22.8. The van der Waals surface area contributed by atoms with Gasteiger partial charge >= 0.3 is 24.3 Å². The predicted molar refractivity (Wildman–Crippen MR) is 129 cm³/mol. The molecule has 1 aromatic rings. The molecule has 2 bridgehead atoms. The fourth-order valence-electron chi connectivity index (χ4n) is 5.66. The van der Waals surface area contributed by atoms with Gasteiger partial charge in [-0.15, -0.1) is 0 Å². The van der Waals surface area contributed by atoms with E-state index in [1.165, 1.54) is 0 Å². The number of carbonyl (C=O) groups excluding carboxylic acids is 2. The Hall–Kier alpha value is -2.63. The van der Waals surface area contributed by atoms with Crippen LogP contribution in [0, 0.1) is 11.8 Å². The van der Waals surface area contributed by atoms with Gasteiger partial charge in [-0.25, -0.2) is 9.59 Å². The van der Waals surface area contributed by atoms with Crippen LogP contribution in [0.3, 0.4) is 0 Å². The number of phenolic OH excluding ortho intramolecular Hbond substituents is 1. The Morgan fingerprint density at radius 1 is 0.976 bits per heavy atom. The molecule has 3 rings (SSSR count). The first-order chi connectivity index (χ1) is 19.2. The van der Waals surface area contributed by atoms with Crippen molar-refractivity contribution in [2.24, 2.45) is 11.8 Å². The third-order valence-electron chi connectivity index (χ3n) is 7.70. The summed E-state index contributed by atoms with van der Waals surface area (Å²) >= 11 is 0. The molecule has 2 aliphatic carbocycles. The molecule has 3 atom stereocenters. The van der Waals surface area contributed by atoms with Crippen LogP contribution in [0.2, 0.25) is 0 Å². The quantitative estimate of drug-likeness (QED) is 0.126. The lowest BCUT2D eigenvalue weighted by atomic mass is 9.64. The molecular formula is C25H30F6O10S. The van der Waals surface area contributed by atoms with E-state index in [4.69, 9.17) is 9.84 Å². The SMILES string of the molecule is O=C(OCCCC1CC2CCCC(O)(C1)C2)c1cc(S(=O)(=O)O)cc(C(=O)OCCC(O)(C(F)(F)F)C(F)(F)F)c1O. The monoisotopic (exact) mass is 636 g/mol. The van der Waals surface area contributed by atoms with Crippen molar-refractivity contribution in [2.75, 3.05) is 13.2 Å². The molecule has 1 aromatic carbocycles. The van der Waals surface area contributed by atoms with Crippen molar-refractivity contribution in [3.63, 3.8) is 0 Å². The van der Waals surface area contributed by atoms with E-state index < -0.39 is 80.4 Å². The van der Waals surface area contributed by atoms with Crippen LogP contribution >= 0.6 is 0 Å². The number of benzene rings is 1. The first-order valence-corrected chi connectivity index (χ1v) is 14.4. The van der Waals surface area contributed by atoms with Gasteiger partial charge in [-0.05, 0) is 62.5 Å². The molecule has 4 N–H and O–H groups in total. The minimum atomic E-state index is -6.20. The van der Waals surface area contributed by atoms with Crippen molar-refractivity contribution in [3.05, 3.63) is 23.3 Å². The van der Waals surface area contributed by atoms with Crippen LogP contribution < -0.4 is 0 Å². The summed E-state index contributed by atoms with van der Waals surface area (Å²) in [6.07, 6.45) is -8.73. The van der Waals surface area contributed by atoms with Gasteiger partial charge in [-0.3, -0.25) is 4.55 Å². The summed E-state index contributed by atoms with van der Waals surface area (Å²) < 4.78 is 119. The molecule has 17 heteroatoms. The molecular weight excluding hydrogens is 606 g/mol. The maximum Gasteiger partial charge on any atom is 0.426 e. The largest absolute Gasteiger partial charge is 0.506 e. The molecule has 2 saturated carbocycles. The third-order valence-corrected chi connectivity index (χ3v) is 8.54. The van der Waals surface area contributed by atoms with Gasteiger partial charge in [-0.1, -0.05) is 12.8 Å². The van der Waals surface area contributed by atoms with E-state index in [0.29, 0.717) is 37.7 Å². The van der Waals surface area contributed by atoms with Crippen molar-refractivity contribution in [1.29, 1.82) is 0 Å². The number of hydrogen-bond donors (Lipinski definition) is 4. The summed E-state index contributed by atoms with van der Waals surface area (Å²) in [6.45, 7) is -1.91. The standard InChI is InChI=1S/C25H30F6O10S/c26-24(27,28)23(36,25(29,30)31)6-8-41-21(34)18-11-16(42(37,38)39)10-17(19(18)32)20(33)40-7-2-4-15-9-14-3-1-5-22(35,12-14)13-15/h10-11,14-15,32,35-36H,1-9,12-13H2,(H,37,38,39). The van der Waals surface area contributed by atoms with Crippen molar-refractivity contribution >= 4 is 22.1 Å². The number of rotatable bonds is 10. The lowest BCUT2D eigenvalue weighted by Gasteiger charge is -2.45. The molecule has 42 heavy (non-hydrogen) atoms. The Bertz CT molecular complexity index is 1270. The van der Waals surface area contributed by atoms with Crippen LogP contribution in [0.1, 0.15) is 78.5 Å². The maximum atomic E-state index is 12.8. The number of aliphatic hydroxyl groups is 2. The lowest BCUT2D eigenvalue weighted by molar-refractivity contribution is -0.371. The van der Waals surface area contributed by atoms with Crippen molar-refractivity contribution in [3.8, 4) is 5.75 Å². The van der Waals surface area contributed by atoms with Crippen LogP contribution in [-0.2, 0) is 19.6 Å². The van der Waals surface area contributed by atoms with E-state index in [1.807, 2.05) is 0 Å². The first-order valence-electron chi connectivity index (χ1n) is 12.9. The highest BCUT2D eigenvalue weighted by Gasteiger charge is 2.70. The van der Waals surface area contributed by atoms with Crippen LogP contribution in [0.5, 0.6) is 5.75 Å². The van der Waals surface area contributed by atoms with Crippen LogP contribution in [0.25, 0.3) is 0 Å². The van der Waals surface area contributed by atoms with Gasteiger partial charge in [0, 0.05) is 6.42 Å². The lowest BCUT2D eigenvalue weighted by Crippen LogP contribution is -2.57. The summed E-state index contributed by atoms with van der Waals surface area (Å²) in [5.74, 6) is -3.91. The molecule has 0 amide bonds. The average Bonchev–Trinajstić information content (AvgIpc) is 2.83. The topological polar surface area (TPSA) is 168 Å². The fraction of sp³-hybridized carbons (Fsp3) is 0.680. The van der Waals surface area contributed by atoms with Gasteiger partial charge < -0.3 is 24.8 Å². The van der Waals surface area contributed by atoms with Crippen molar-refractivity contribution < 1.29 is 73.7 Å². The molecule has 0 aliphatic heterocycles. The number of alkyl halides is 6. The summed E-state index contributed by atoms with van der Waals surface area (Å²) in [7, 11) is -5.16. The van der Waals surface area contributed by atoms with Crippen molar-refractivity contribution in [2.45, 2.75) is 86.2 Å². The Kier molecular flexibility index (Phi) is 9.81. The Labute approximate surface area is 236 Å². The van der Waals surface area contributed by atoms with E-state index in [-0.39, 0.29) is 18.6 Å². The Balaban J connectivity index is 1.68. The van der Waals surface area contributed by atoms with Crippen LogP contribution in [0.4, 0.5) is 26.3 Å². The highest BCUT2D eigenvalue weighted by Crippen LogP contribution is 2.47. The molecule has 0 heterocycles. The number of esters is 2. The minimum Gasteiger partial charge on any atom is -0.506 e. The number of ether oxygens (including phenoxy) is 2. The summed E-state index contributed by atoms with van der Waals surface area (Å²) in [6, 6.07) is 0.738. The number of fused-ring (bicyclic) bond motifs is 2. The van der Waals surface area contributed by atoms with Gasteiger partial charge in [0.2, 0.25) is 0 Å². The van der Waals surface area contributed by atoms with Crippen LogP contribution in [0.15, 0.2) is 17.0 Å². The fourth-order valence-corrected chi connectivity index (χ4v) is 6.19. The van der Waals surface area contributed by atoms with Crippen LogP contribution in [-0.4, -0.2) is 77.0 Å². The molecule has 0 saturated heterocycles. The van der Waals surface area contributed by atoms with E-state index >= 15 is 0 Å². The van der Waals surface area contributed by atoms with E-state index in [0.717, 1.165) is 25.7 Å². The number of halogens is 6. The molecule has 2 fully saturated rings. The first kappa shape index (κ1) is 33.9. The van der Waals surface area contributed by atoms with E-state index in [9.17, 15) is 59.1 Å². The summed E-state index contributed by atoms with van der Waals surface area (Å²) in [5.41, 5.74) is -8.11. The average molecular weight is 637 g/mol. The van der Waals surface area contributed by atoms with Gasteiger partial charge in [0.15, 0.2) is 0 Å². The zero-order chi connectivity index (χ0) is 31.7. The molecule has 10 nitrogen and oxygen atoms in total. The molecule has 0 spiro atoms. The molecule has 0 aromatic heterocycles. The highest BCUT2D eigenvalue weighted by atomic mass is 32.2. The molecule has 238 valence electrons. The zero-order valence-electron chi connectivity index (χ0n) is 22.0. The second-order valence-corrected chi connectivity index (χ2v) is 12.3. The maximum absolute atomic E-state index is 12.8. The summed E-state index contributed by atoms with van der Waals surface area (Å²) in [5, 5.41) is 30.2. The van der Waals surface area contributed by atoms with Crippen molar-refractivity contribution in [1.82, 2.24) is 0 Å². The highest BCUT2D eigenvalue weighted by molar-refractivity contribution is 7.85. The van der Waals surface area contributed by atoms with Gasteiger partial charge in [0.25, 0.3) is 15.7 Å². The number of phenols is 1. The van der Waals surface area contributed by atoms with Gasteiger partial charge in [-0.2, -0.15) is 34.8 Å². The second-order valence-electron chi connectivity index (χ2n) is 10.9. The number of carbonyl (C=O) groups is 2. The second kappa shape index (κ2) is 12.2. The number of hydrogen-bond acceptors (Lipinski definition) is 9. The smallest absolute Gasteiger partial charge is 0.426 e. The Morgan fingerprint density at radius 2 is 1.52 bits per heavy atom. The van der Waals surface area contributed by atoms with E-state index in [1.54, 1.807) is 0 Å². The Morgan fingerprint density at radius 3 is 2.02 bits per heavy atom. The van der Waals surface area contributed by atoms with Gasteiger partial charge in [0.05, 0.1) is 23.7 Å². The predicted octanol–water partition coefficient (Wildman–Crippen LogP) is 4.31. The third kappa shape index (κ3) is 7.65. The molecule has 3 unspecified atom stereocenters. The molecule has 0 radical (unpaired) electrons. The minimum absolute atomic E-state index is 0.178. The normalized spacial score (nSPS) is 23.4. The molecule has 2 aliphatic rings. The summed E-state index contributed by atoms with van der Waals surface area (Å²) in [4.78, 5) is 23.9. The number of aromatic hydroxyl groups is 1.